The normalized spacial score (nSPS) is 11.0. The number of fused-ring (bicyclic) bond motifs is 1. The van der Waals surface area contributed by atoms with Crippen molar-refractivity contribution in [1.29, 1.82) is 0 Å². The third-order valence-corrected chi connectivity index (χ3v) is 3.55. The standard InChI is InChI=1S/C17H19N3O/c1-12-7-8-15(21-12)11-20(2)17-14(10-18)9-13-5-3-4-6-16(13)19-17/h3-9H,10-11,18H2,1-2H3. The van der Waals surface area contributed by atoms with Gasteiger partial charge in [-0.3, -0.25) is 0 Å². The van der Waals surface area contributed by atoms with Gasteiger partial charge in [0.25, 0.3) is 0 Å². The number of furan rings is 1. The Morgan fingerprint density at radius 1 is 1.19 bits per heavy atom. The number of benzene rings is 1. The van der Waals surface area contributed by atoms with Crippen molar-refractivity contribution in [3.63, 3.8) is 0 Å². The van der Waals surface area contributed by atoms with Crippen LogP contribution < -0.4 is 10.6 Å². The zero-order chi connectivity index (χ0) is 14.8. The first kappa shape index (κ1) is 13.6. The van der Waals surface area contributed by atoms with Crippen molar-refractivity contribution in [2.75, 3.05) is 11.9 Å². The number of pyridine rings is 1. The maximum absolute atomic E-state index is 5.89. The summed E-state index contributed by atoms with van der Waals surface area (Å²) in [6.07, 6.45) is 0. The van der Waals surface area contributed by atoms with E-state index in [-0.39, 0.29) is 0 Å². The van der Waals surface area contributed by atoms with E-state index in [9.17, 15) is 0 Å². The van der Waals surface area contributed by atoms with Gasteiger partial charge in [0.2, 0.25) is 0 Å². The highest BCUT2D eigenvalue weighted by atomic mass is 16.3. The van der Waals surface area contributed by atoms with Crippen LogP contribution in [0.1, 0.15) is 17.1 Å². The lowest BCUT2D eigenvalue weighted by Gasteiger charge is -2.20. The fraction of sp³-hybridized carbons (Fsp3) is 0.235. The summed E-state index contributed by atoms with van der Waals surface area (Å²) in [4.78, 5) is 6.83. The van der Waals surface area contributed by atoms with E-state index in [1.54, 1.807) is 0 Å². The Hall–Kier alpha value is -2.33. The Bertz CT molecular complexity index is 764. The zero-order valence-corrected chi connectivity index (χ0v) is 12.3. The first-order chi connectivity index (χ1) is 10.2. The topological polar surface area (TPSA) is 55.3 Å². The minimum Gasteiger partial charge on any atom is -0.464 e. The van der Waals surface area contributed by atoms with Gasteiger partial charge in [0.1, 0.15) is 17.3 Å². The molecule has 2 N–H and O–H groups in total. The van der Waals surface area contributed by atoms with E-state index >= 15 is 0 Å². The lowest BCUT2D eigenvalue weighted by molar-refractivity contribution is 0.481. The molecule has 0 aliphatic carbocycles. The molecule has 3 rings (SSSR count). The predicted molar refractivity (Wildman–Crippen MR) is 85.2 cm³/mol. The van der Waals surface area contributed by atoms with Crippen LogP contribution in [0.5, 0.6) is 0 Å². The molecule has 0 saturated heterocycles. The summed E-state index contributed by atoms with van der Waals surface area (Å²) in [5.41, 5.74) is 7.91. The van der Waals surface area contributed by atoms with Crippen LogP contribution in [-0.2, 0) is 13.1 Å². The summed E-state index contributed by atoms with van der Waals surface area (Å²) < 4.78 is 5.64. The molecule has 2 heterocycles. The van der Waals surface area contributed by atoms with E-state index in [1.165, 1.54) is 0 Å². The molecule has 0 radical (unpaired) electrons. The summed E-state index contributed by atoms with van der Waals surface area (Å²) in [6, 6.07) is 14.2. The van der Waals surface area contributed by atoms with Gasteiger partial charge in [-0.05, 0) is 31.2 Å². The monoisotopic (exact) mass is 281 g/mol. The highest BCUT2D eigenvalue weighted by Gasteiger charge is 2.12. The van der Waals surface area contributed by atoms with Crippen LogP contribution in [0.4, 0.5) is 5.82 Å². The Kier molecular flexibility index (Phi) is 3.62. The minimum atomic E-state index is 0.467. The van der Waals surface area contributed by atoms with Crippen molar-refractivity contribution < 1.29 is 4.42 Å². The molecule has 2 aromatic heterocycles. The van der Waals surface area contributed by atoms with Gasteiger partial charge in [0.15, 0.2) is 0 Å². The molecule has 0 aliphatic rings. The minimum absolute atomic E-state index is 0.467. The van der Waals surface area contributed by atoms with Gasteiger partial charge < -0.3 is 15.1 Å². The van der Waals surface area contributed by atoms with Crippen molar-refractivity contribution >= 4 is 16.7 Å². The maximum atomic E-state index is 5.89. The van der Waals surface area contributed by atoms with Crippen LogP contribution in [0.2, 0.25) is 0 Å². The number of anilines is 1. The van der Waals surface area contributed by atoms with Crippen molar-refractivity contribution in [1.82, 2.24) is 4.98 Å². The van der Waals surface area contributed by atoms with Crippen LogP contribution in [0.25, 0.3) is 10.9 Å². The largest absolute Gasteiger partial charge is 0.464 e. The molecule has 0 spiro atoms. The van der Waals surface area contributed by atoms with Crippen molar-refractivity contribution in [2.45, 2.75) is 20.0 Å². The van der Waals surface area contributed by atoms with Crippen LogP contribution in [0.15, 0.2) is 46.9 Å². The Morgan fingerprint density at radius 3 is 2.71 bits per heavy atom. The molecule has 1 aromatic carbocycles. The van der Waals surface area contributed by atoms with Gasteiger partial charge in [0, 0.05) is 24.5 Å². The Balaban J connectivity index is 1.97. The summed E-state index contributed by atoms with van der Waals surface area (Å²) in [5, 5.41) is 1.11. The molecule has 0 saturated carbocycles. The molecule has 4 heteroatoms. The second-order valence-electron chi connectivity index (χ2n) is 5.24. The van der Waals surface area contributed by atoms with Gasteiger partial charge in [-0.15, -0.1) is 0 Å². The first-order valence-electron chi connectivity index (χ1n) is 7.02. The van der Waals surface area contributed by atoms with Gasteiger partial charge in [-0.1, -0.05) is 18.2 Å². The van der Waals surface area contributed by atoms with E-state index < -0.39 is 0 Å². The molecule has 0 atom stereocenters. The summed E-state index contributed by atoms with van der Waals surface area (Å²) in [7, 11) is 2.01. The van der Waals surface area contributed by atoms with E-state index in [2.05, 4.69) is 17.0 Å². The highest BCUT2D eigenvalue weighted by Crippen LogP contribution is 2.24. The number of rotatable bonds is 4. The Labute approximate surface area is 124 Å². The fourth-order valence-corrected chi connectivity index (χ4v) is 2.51. The second-order valence-corrected chi connectivity index (χ2v) is 5.24. The molecule has 0 aliphatic heterocycles. The Morgan fingerprint density at radius 2 is 2.00 bits per heavy atom. The number of aromatic nitrogens is 1. The number of aryl methyl sites for hydroxylation is 1. The van der Waals surface area contributed by atoms with Crippen molar-refractivity contribution in [3.05, 3.63) is 59.5 Å². The van der Waals surface area contributed by atoms with Crippen LogP contribution >= 0.6 is 0 Å². The number of hydrogen-bond acceptors (Lipinski definition) is 4. The average molecular weight is 281 g/mol. The molecule has 4 nitrogen and oxygen atoms in total. The molecule has 0 bridgehead atoms. The lowest BCUT2D eigenvalue weighted by Crippen LogP contribution is -2.20. The summed E-state index contributed by atoms with van der Waals surface area (Å²) >= 11 is 0. The van der Waals surface area contributed by atoms with E-state index in [0.717, 1.165) is 33.8 Å². The molecule has 0 amide bonds. The third kappa shape index (κ3) is 2.76. The van der Waals surface area contributed by atoms with Crippen LogP contribution in [-0.4, -0.2) is 12.0 Å². The molecule has 0 unspecified atom stereocenters. The molecule has 3 aromatic rings. The van der Waals surface area contributed by atoms with Crippen molar-refractivity contribution in [2.24, 2.45) is 5.73 Å². The van der Waals surface area contributed by atoms with Crippen LogP contribution in [0, 0.1) is 6.92 Å². The highest BCUT2D eigenvalue weighted by molar-refractivity contribution is 5.81. The van der Waals surface area contributed by atoms with E-state index in [0.29, 0.717) is 13.1 Å². The van der Waals surface area contributed by atoms with Gasteiger partial charge in [-0.2, -0.15) is 0 Å². The summed E-state index contributed by atoms with van der Waals surface area (Å²) in [6.45, 7) is 3.09. The van der Waals surface area contributed by atoms with Gasteiger partial charge in [0.05, 0.1) is 12.1 Å². The van der Waals surface area contributed by atoms with Gasteiger partial charge in [-0.25, -0.2) is 4.98 Å². The second kappa shape index (κ2) is 5.58. The van der Waals surface area contributed by atoms with E-state index in [4.69, 9.17) is 15.1 Å². The smallest absolute Gasteiger partial charge is 0.133 e. The average Bonchev–Trinajstić information content (AvgIpc) is 2.90. The maximum Gasteiger partial charge on any atom is 0.133 e. The molecule has 108 valence electrons. The molecular weight excluding hydrogens is 262 g/mol. The molecule has 21 heavy (non-hydrogen) atoms. The molecular formula is C17H19N3O. The SMILES string of the molecule is Cc1ccc(CN(C)c2nc3ccccc3cc2CN)o1. The number of nitrogens with two attached hydrogens (primary N) is 1. The fourth-order valence-electron chi connectivity index (χ4n) is 2.51. The predicted octanol–water partition coefficient (Wildman–Crippen LogP) is 3.23. The first-order valence-corrected chi connectivity index (χ1v) is 7.02. The number of nitrogens with zero attached hydrogens (tertiary/aromatic N) is 2. The van der Waals surface area contributed by atoms with Crippen molar-refractivity contribution in [3.8, 4) is 0 Å². The quantitative estimate of drug-likeness (QED) is 0.797. The van der Waals surface area contributed by atoms with Gasteiger partial charge >= 0.3 is 0 Å². The van der Waals surface area contributed by atoms with Crippen LogP contribution in [0.3, 0.4) is 0 Å². The molecule has 0 fully saturated rings. The summed E-state index contributed by atoms with van der Waals surface area (Å²) in [5.74, 6) is 2.75. The third-order valence-electron chi connectivity index (χ3n) is 3.55. The van der Waals surface area contributed by atoms with E-state index in [1.807, 2.05) is 44.3 Å². The zero-order valence-electron chi connectivity index (χ0n) is 12.3. The lowest BCUT2D eigenvalue weighted by atomic mass is 10.1. The number of para-hydroxylation sites is 1. The number of hydrogen-bond donors (Lipinski definition) is 1.